The molecule has 0 saturated heterocycles. The van der Waals surface area contributed by atoms with E-state index in [-0.39, 0.29) is 0 Å². The number of benzene rings is 1. The largest absolute Gasteiger partial charge is 0.255 e. The van der Waals surface area contributed by atoms with Crippen molar-refractivity contribution in [3.05, 3.63) is 96.6 Å². The molecule has 0 N–H and O–H groups in total. The number of hydrazone groups is 2. The Labute approximate surface area is 186 Å². The van der Waals surface area contributed by atoms with Crippen molar-refractivity contribution in [1.29, 1.82) is 0 Å². The Morgan fingerprint density at radius 1 is 0.656 bits per heavy atom. The molecule has 0 unspecified atom stereocenters. The van der Waals surface area contributed by atoms with Crippen molar-refractivity contribution in [2.24, 2.45) is 10.2 Å². The Balaban J connectivity index is 1.66. The van der Waals surface area contributed by atoms with Crippen molar-refractivity contribution < 1.29 is 0 Å². The van der Waals surface area contributed by atoms with Crippen LogP contribution in [0, 0.1) is 0 Å². The standard InChI is InChI=1S/C24H22N8/c1-31(27-17-20-12-6-8-14-25-20)22-16-23(30-24(29-22)19-10-4-3-5-11-19)32(2)28-18-21-13-7-9-15-26-21/h3-18H,1-2H3/b27-17+,28-18+. The van der Waals surface area contributed by atoms with E-state index >= 15 is 0 Å². The molecule has 0 aliphatic heterocycles. The van der Waals surface area contributed by atoms with E-state index in [0.717, 1.165) is 17.0 Å². The SMILES string of the molecule is CN(/N=C/c1ccccn1)c1cc(N(C)/N=C/c2ccccn2)nc(-c2ccccc2)n1. The zero-order valence-electron chi connectivity index (χ0n) is 17.8. The minimum atomic E-state index is 0.581. The molecule has 158 valence electrons. The first-order valence-electron chi connectivity index (χ1n) is 10.0. The molecule has 3 heterocycles. The van der Waals surface area contributed by atoms with Crippen LogP contribution in [0.3, 0.4) is 0 Å². The second-order valence-corrected chi connectivity index (χ2v) is 6.82. The van der Waals surface area contributed by atoms with Crippen LogP contribution in [0.2, 0.25) is 0 Å². The summed E-state index contributed by atoms with van der Waals surface area (Å²) in [5, 5.41) is 12.3. The van der Waals surface area contributed by atoms with Gasteiger partial charge >= 0.3 is 0 Å². The van der Waals surface area contributed by atoms with Crippen molar-refractivity contribution in [3.8, 4) is 11.4 Å². The Kier molecular flexibility index (Phi) is 6.52. The van der Waals surface area contributed by atoms with Gasteiger partial charge in [-0.1, -0.05) is 42.5 Å². The van der Waals surface area contributed by atoms with Crippen molar-refractivity contribution in [3.63, 3.8) is 0 Å². The van der Waals surface area contributed by atoms with Gasteiger partial charge in [-0.25, -0.2) is 9.97 Å². The van der Waals surface area contributed by atoms with Gasteiger partial charge in [0, 0.05) is 38.1 Å². The van der Waals surface area contributed by atoms with Gasteiger partial charge in [0.05, 0.1) is 23.8 Å². The lowest BCUT2D eigenvalue weighted by Gasteiger charge is -2.17. The minimum absolute atomic E-state index is 0.581. The fourth-order valence-electron chi connectivity index (χ4n) is 2.78. The van der Waals surface area contributed by atoms with E-state index in [1.807, 2.05) is 86.9 Å². The Morgan fingerprint density at radius 3 is 1.62 bits per heavy atom. The Hall–Kier alpha value is -4.46. The number of rotatable bonds is 7. The number of nitrogens with zero attached hydrogens (tertiary/aromatic N) is 8. The summed E-state index contributed by atoms with van der Waals surface area (Å²) in [5.74, 6) is 1.83. The number of hydrogen-bond acceptors (Lipinski definition) is 8. The lowest BCUT2D eigenvalue weighted by molar-refractivity contribution is 0.935. The summed E-state index contributed by atoms with van der Waals surface area (Å²) in [5.41, 5.74) is 2.42. The van der Waals surface area contributed by atoms with Gasteiger partial charge in [-0.15, -0.1) is 0 Å². The molecule has 0 aliphatic rings. The van der Waals surface area contributed by atoms with Gasteiger partial charge in [0.1, 0.15) is 0 Å². The monoisotopic (exact) mass is 422 g/mol. The third-order valence-electron chi connectivity index (χ3n) is 4.50. The van der Waals surface area contributed by atoms with E-state index in [2.05, 4.69) is 20.2 Å². The average Bonchev–Trinajstić information content (AvgIpc) is 2.87. The van der Waals surface area contributed by atoms with E-state index in [9.17, 15) is 0 Å². The summed E-state index contributed by atoms with van der Waals surface area (Å²) in [7, 11) is 3.66. The topological polar surface area (TPSA) is 82.8 Å². The quantitative estimate of drug-likeness (QED) is 0.332. The molecule has 3 aromatic heterocycles. The fourth-order valence-corrected chi connectivity index (χ4v) is 2.78. The molecule has 32 heavy (non-hydrogen) atoms. The van der Waals surface area contributed by atoms with Gasteiger partial charge in [0.15, 0.2) is 17.5 Å². The van der Waals surface area contributed by atoms with E-state index in [0.29, 0.717) is 17.5 Å². The van der Waals surface area contributed by atoms with Crippen LogP contribution in [-0.2, 0) is 0 Å². The van der Waals surface area contributed by atoms with Gasteiger partial charge < -0.3 is 0 Å². The molecule has 0 fully saturated rings. The van der Waals surface area contributed by atoms with Gasteiger partial charge in [0.25, 0.3) is 0 Å². The van der Waals surface area contributed by atoms with Crippen LogP contribution in [0.25, 0.3) is 11.4 Å². The second-order valence-electron chi connectivity index (χ2n) is 6.82. The molecule has 0 amide bonds. The molecule has 8 heteroatoms. The van der Waals surface area contributed by atoms with Crippen molar-refractivity contribution in [2.45, 2.75) is 0 Å². The van der Waals surface area contributed by atoms with Gasteiger partial charge in [-0.3, -0.25) is 20.0 Å². The highest BCUT2D eigenvalue weighted by Crippen LogP contribution is 2.24. The van der Waals surface area contributed by atoms with Gasteiger partial charge in [-0.2, -0.15) is 10.2 Å². The lowest BCUT2D eigenvalue weighted by atomic mass is 10.2. The number of pyridine rings is 2. The predicted octanol–water partition coefficient (Wildman–Crippen LogP) is 3.87. The molecular formula is C24H22N8. The van der Waals surface area contributed by atoms with Crippen molar-refractivity contribution in [1.82, 2.24) is 19.9 Å². The smallest absolute Gasteiger partial charge is 0.164 e. The number of anilines is 2. The third-order valence-corrected chi connectivity index (χ3v) is 4.50. The van der Waals surface area contributed by atoms with Crippen LogP contribution < -0.4 is 10.0 Å². The maximum absolute atomic E-state index is 4.71. The molecule has 0 atom stereocenters. The Morgan fingerprint density at radius 2 is 1.16 bits per heavy atom. The predicted molar refractivity (Wildman–Crippen MR) is 128 cm³/mol. The minimum Gasteiger partial charge on any atom is -0.255 e. The molecule has 0 bridgehead atoms. The van der Waals surface area contributed by atoms with Crippen LogP contribution in [-0.4, -0.2) is 46.5 Å². The van der Waals surface area contributed by atoms with Crippen LogP contribution in [0.1, 0.15) is 11.4 Å². The third kappa shape index (κ3) is 5.37. The molecule has 0 radical (unpaired) electrons. The first-order chi connectivity index (χ1) is 15.7. The van der Waals surface area contributed by atoms with E-state index in [1.165, 1.54) is 0 Å². The first-order valence-corrected chi connectivity index (χ1v) is 10.0. The zero-order chi connectivity index (χ0) is 22.2. The molecule has 8 nitrogen and oxygen atoms in total. The van der Waals surface area contributed by atoms with E-state index < -0.39 is 0 Å². The summed E-state index contributed by atoms with van der Waals surface area (Å²) in [6.45, 7) is 0. The number of aromatic nitrogens is 4. The van der Waals surface area contributed by atoms with Gasteiger partial charge in [-0.05, 0) is 24.3 Å². The zero-order valence-corrected chi connectivity index (χ0v) is 17.8. The van der Waals surface area contributed by atoms with Crippen LogP contribution in [0.5, 0.6) is 0 Å². The summed E-state index contributed by atoms with van der Waals surface area (Å²) < 4.78 is 0. The fraction of sp³-hybridized carbons (Fsp3) is 0.0833. The molecule has 4 rings (SSSR count). The van der Waals surface area contributed by atoms with E-state index in [4.69, 9.17) is 9.97 Å². The second kappa shape index (κ2) is 10.0. The molecule has 4 aromatic rings. The van der Waals surface area contributed by atoms with Crippen molar-refractivity contribution >= 4 is 24.1 Å². The average molecular weight is 422 g/mol. The maximum atomic E-state index is 4.71. The number of hydrogen-bond donors (Lipinski definition) is 0. The molecular weight excluding hydrogens is 400 g/mol. The maximum Gasteiger partial charge on any atom is 0.164 e. The highest BCUT2D eigenvalue weighted by atomic mass is 15.5. The van der Waals surface area contributed by atoms with E-state index in [1.54, 1.807) is 34.8 Å². The molecule has 0 saturated carbocycles. The van der Waals surface area contributed by atoms with Crippen LogP contribution >= 0.6 is 0 Å². The highest BCUT2D eigenvalue weighted by Gasteiger charge is 2.12. The summed E-state index contributed by atoms with van der Waals surface area (Å²) in [6.07, 6.45) is 6.83. The lowest BCUT2D eigenvalue weighted by Crippen LogP contribution is -2.16. The van der Waals surface area contributed by atoms with Crippen LogP contribution in [0.4, 0.5) is 11.6 Å². The molecule has 0 spiro atoms. The van der Waals surface area contributed by atoms with Crippen LogP contribution in [0.15, 0.2) is 95.4 Å². The summed E-state index contributed by atoms with van der Waals surface area (Å²) in [6, 6.07) is 23.0. The van der Waals surface area contributed by atoms with Crippen molar-refractivity contribution in [2.75, 3.05) is 24.1 Å². The Bertz CT molecular complexity index is 1120. The summed E-state index contributed by atoms with van der Waals surface area (Å²) >= 11 is 0. The molecule has 0 aliphatic carbocycles. The van der Waals surface area contributed by atoms with Gasteiger partial charge in [0.2, 0.25) is 0 Å². The summed E-state index contributed by atoms with van der Waals surface area (Å²) in [4.78, 5) is 17.9. The normalized spacial score (nSPS) is 11.2. The molecule has 1 aromatic carbocycles. The highest BCUT2D eigenvalue weighted by molar-refractivity contribution is 5.78. The first kappa shape index (κ1) is 20.8.